The first-order valence-corrected chi connectivity index (χ1v) is 5.64. The number of methoxy groups -OCH3 is 1. The van der Waals surface area contributed by atoms with Gasteiger partial charge in [-0.25, -0.2) is 0 Å². The number of carbonyl (C=O) groups excluding carboxylic acids is 1. The van der Waals surface area contributed by atoms with Crippen LogP contribution >= 0.6 is 24.8 Å². The van der Waals surface area contributed by atoms with Crippen LogP contribution in [0.2, 0.25) is 0 Å². The summed E-state index contributed by atoms with van der Waals surface area (Å²) in [5, 5.41) is 5.99. The Morgan fingerprint density at radius 2 is 2.05 bits per heavy atom. The summed E-state index contributed by atoms with van der Waals surface area (Å²) >= 11 is 0. The molecule has 19 heavy (non-hydrogen) atoms. The lowest BCUT2D eigenvalue weighted by molar-refractivity contribution is 0.0952. The molecular formula is C12H21Cl2N3O2. The molecule has 1 aromatic rings. The minimum Gasteiger partial charge on any atom is -0.383 e. The Bertz CT molecular complexity index is 365. The van der Waals surface area contributed by atoms with Crippen molar-refractivity contribution in [3.8, 4) is 0 Å². The molecule has 0 bridgehead atoms. The van der Waals surface area contributed by atoms with Gasteiger partial charge >= 0.3 is 0 Å². The molecule has 0 aromatic carbocycles. The standard InChI is InChI=1S/C12H19N3O2.2ClH/c1-10-3-4-14-9-11(10)12(16)15-6-5-13-7-8-17-2;;/h3-4,9,13H,5-8H2,1-2H3,(H,15,16);2*1H. The van der Waals surface area contributed by atoms with Crippen LogP contribution in [0.3, 0.4) is 0 Å². The quantitative estimate of drug-likeness (QED) is 0.743. The number of aryl methyl sites for hydroxylation is 1. The van der Waals surface area contributed by atoms with Crippen LogP contribution in [0.25, 0.3) is 0 Å². The van der Waals surface area contributed by atoms with Crippen LogP contribution in [-0.4, -0.2) is 44.2 Å². The number of ether oxygens (including phenoxy) is 1. The summed E-state index contributed by atoms with van der Waals surface area (Å²) in [6.07, 6.45) is 3.27. The molecule has 0 unspecified atom stereocenters. The number of aromatic nitrogens is 1. The smallest absolute Gasteiger partial charge is 0.253 e. The van der Waals surface area contributed by atoms with Gasteiger partial charge in [-0.3, -0.25) is 9.78 Å². The lowest BCUT2D eigenvalue weighted by atomic mass is 10.1. The van der Waals surface area contributed by atoms with Crippen LogP contribution in [0, 0.1) is 6.92 Å². The second-order valence-electron chi connectivity index (χ2n) is 3.69. The summed E-state index contributed by atoms with van der Waals surface area (Å²) in [5.74, 6) is -0.0795. The Labute approximate surface area is 126 Å². The van der Waals surface area contributed by atoms with E-state index in [2.05, 4.69) is 15.6 Å². The minimum atomic E-state index is -0.0795. The van der Waals surface area contributed by atoms with E-state index in [9.17, 15) is 4.79 Å². The molecule has 2 N–H and O–H groups in total. The normalized spacial score (nSPS) is 9.16. The predicted octanol–water partition coefficient (Wildman–Crippen LogP) is 1.20. The number of hydrogen-bond acceptors (Lipinski definition) is 4. The third kappa shape index (κ3) is 8.00. The first-order chi connectivity index (χ1) is 8.25. The van der Waals surface area contributed by atoms with Crippen molar-refractivity contribution in [2.24, 2.45) is 0 Å². The van der Waals surface area contributed by atoms with Crippen molar-refractivity contribution < 1.29 is 9.53 Å². The Kier molecular flexibility index (Phi) is 13.1. The molecule has 7 heteroatoms. The number of nitrogens with one attached hydrogen (secondary N) is 2. The molecule has 0 atom stereocenters. The van der Waals surface area contributed by atoms with Crippen LogP contribution in [0.4, 0.5) is 0 Å². The number of carbonyl (C=O) groups is 1. The largest absolute Gasteiger partial charge is 0.383 e. The summed E-state index contributed by atoms with van der Waals surface area (Å²) in [6, 6.07) is 1.83. The molecule has 0 aliphatic rings. The van der Waals surface area contributed by atoms with Crippen molar-refractivity contribution in [2.75, 3.05) is 33.4 Å². The molecule has 0 fully saturated rings. The molecule has 0 saturated carbocycles. The molecule has 1 rings (SSSR count). The maximum atomic E-state index is 11.8. The number of pyridine rings is 1. The SMILES string of the molecule is COCCNCCNC(=O)c1cnccc1C.Cl.Cl. The molecule has 0 aliphatic carbocycles. The lowest BCUT2D eigenvalue weighted by Crippen LogP contribution is -2.33. The lowest BCUT2D eigenvalue weighted by Gasteiger charge is -2.07. The summed E-state index contributed by atoms with van der Waals surface area (Å²) < 4.78 is 4.90. The van der Waals surface area contributed by atoms with E-state index in [1.807, 2.05) is 13.0 Å². The fourth-order valence-corrected chi connectivity index (χ4v) is 1.36. The Morgan fingerprint density at radius 1 is 1.32 bits per heavy atom. The molecule has 110 valence electrons. The van der Waals surface area contributed by atoms with E-state index in [0.717, 1.165) is 18.7 Å². The molecule has 1 heterocycles. The van der Waals surface area contributed by atoms with Gasteiger partial charge in [0, 0.05) is 39.1 Å². The highest BCUT2D eigenvalue weighted by molar-refractivity contribution is 5.95. The van der Waals surface area contributed by atoms with E-state index in [0.29, 0.717) is 18.7 Å². The van der Waals surface area contributed by atoms with Gasteiger partial charge in [0.05, 0.1) is 12.2 Å². The first-order valence-electron chi connectivity index (χ1n) is 5.64. The van der Waals surface area contributed by atoms with Crippen molar-refractivity contribution in [2.45, 2.75) is 6.92 Å². The number of rotatable bonds is 7. The Balaban J connectivity index is 0. The highest BCUT2D eigenvalue weighted by Crippen LogP contribution is 2.03. The third-order valence-corrected chi connectivity index (χ3v) is 2.35. The van der Waals surface area contributed by atoms with Gasteiger partial charge in [-0.05, 0) is 18.6 Å². The fourth-order valence-electron chi connectivity index (χ4n) is 1.36. The zero-order chi connectivity index (χ0) is 12.5. The zero-order valence-electron chi connectivity index (χ0n) is 11.1. The molecule has 1 amide bonds. The van der Waals surface area contributed by atoms with E-state index in [1.54, 1.807) is 19.5 Å². The van der Waals surface area contributed by atoms with Gasteiger partial charge < -0.3 is 15.4 Å². The van der Waals surface area contributed by atoms with Crippen LogP contribution in [0.15, 0.2) is 18.5 Å². The molecule has 1 aromatic heterocycles. The van der Waals surface area contributed by atoms with Crippen LogP contribution in [0.1, 0.15) is 15.9 Å². The fraction of sp³-hybridized carbons (Fsp3) is 0.500. The summed E-state index contributed by atoms with van der Waals surface area (Å²) in [4.78, 5) is 15.7. The maximum Gasteiger partial charge on any atom is 0.253 e. The van der Waals surface area contributed by atoms with Gasteiger partial charge in [0.25, 0.3) is 5.91 Å². The predicted molar refractivity (Wildman–Crippen MR) is 80.5 cm³/mol. The van der Waals surface area contributed by atoms with Crippen molar-refractivity contribution >= 4 is 30.7 Å². The molecular weight excluding hydrogens is 289 g/mol. The van der Waals surface area contributed by atoms with Gasteiger partial charge in [0.2, 0.25) is 0 Å². The van der Waals surface area contributed by atoms with Gasteiger partial charge in [-0.2, -0.15) is 0 Å². The van der Waals surface area contributed by atoms with E-state index >= 15 is 0 Å². The summed E-state index contributed by atoms with van der Waals surface area (Å²) in [6.45, 7) is 4.69. The second-order valence-corrected chi connectivity index (χ2v) is 3.69. The van der Waals surface area contributed by atoms with Gasteiger partial charge in [0.1, 0.15) is 0 Å². The Morgan fingerprint density at radius 3 is 2.68 bits per heavy atom. The topological polar surface area (TPSA) is 63.2 Å². The molecule has 0 spiro atoms. The number of halogens is 2. The average Bonchev–Trinajstić information content (AvgIpc) is 2.34. The number of amides is 1. The van der Waals surface area contributed by atoms with Gasteiger partial charge in [0.15, 0.2) is 0 Å². The van der Waals surface area contributed by atoms with Gasteiger partial charge in [-0.15, -0.1) is 24.8 Å². The molecule has 0 saturated heterocycles. The van der Waals surface area contributed by atoms with E-state index in [-0.39, 0.29) is 30.7 Å². The van der Waals surface area contributed by atoms with Crippen molar-refractivity contribution in [1.29, 1.82) is 0 Å². The number of nitrogens with zero attached hydrogens (tertiary/aromatic N) is 1. The van der Waals surface area contributed by atoms with Gasteiger partial charge in [-0.1, -0.05) is 0 Å². The van der Waals surface area contributed by atoms with Crippen molar-refractivity contribution in [3.63, 3.8) is 0 Å². The third-order valence-electron chi connectivity index (χ3n) is 2.35. The summed E-state index contributed by atoms with van der Waals surface area (Å²) in [5.41, 5.74) is 1.56. The van der Waals surface area contributed by atoms with Crippen LogP contribution < -0.4 is 10.6 Å². The highest BCUT2D eigenvalue weighted by atomic mass is 35.5. The Hall–Kier alpha value is -0.880. The van der Waals surface area contributed by atoms with Crippen LogP contribution in [0.5, 0.6) is 0 Å². The van der Waals surface area contributed by atoms with Crippen LogP contribution in [-0.2, 0) is 4.74 Å². The first kappa shape index (κ1) is 20.4. The van der Waals surface area contributed by atoms with E-state index in [4.69, 9.17) is 4.74 Å². The zero-order valence-corrected chi connectivity index (χ0v) is 12.8. The highest BCUT2D eigenvalue weighted by Gasteiger charge is 2.07. The van der Waals surface area contributed by atoms with Crippen molar-refractivity contribution in [1.82, 2.24) is 15.6 Å². The molecule has 0 aliphatic heterocycles. The second kappa shape index (κ2) is 12.2. The molecule has 0 radical (unpaired) electrons. The monoisotopic (exact) mass is 309 g/mol. The number of hydrogen-bond donors (Lipinski definition) is 2. The summed E-state index contributed by atoms with van der Waals surface area (Å²) in [7, 11) is 1.66. The molecule has 5 nitrogen and oxygen atoms in total. The van der Waals surface area contributed by atoms with Crippen molar-refractivity contribution in [3.05, 3.63) is 29.6 Å². The maximum absolute atomic E-state index is 11.8. The van der Waals surface area contributed by atoms with E-state index < -0.39 is 0 Å². The van der Waals surface area contributed by atoms with E-state index in [1.165, 1.54) is 0 Å². The minimum absolute atomic E-state index is 0. The average molecular weight is 310 g/mol.